The number of hydrogen-bond acceptors (Lipinski definition) is 4. The van der Waals surface area contributed by atoms with Crippen molar-refractivity contribution in [2.24, 2.45) is 5.84 Å². The molecule has 3 N–H and O–H groups in total. The molecule has 78 valence electrons. The number of pyridine rings is 1. The largest absolute Gasteiger partial charge is 0.472 e. The SMILES string of the molecule is NNC(c1ccoc1)c1cncc(Br)c1. The zero-order valence-corrected chi connectivity index (χ0v) is 9.44. The van der Waals surface area contributed by atoms with Crippen LogP contribution in [0.1, 0.15) is 17.2 Å². The maximum Gasteiger partial charge on any atom is 0.0954 e. The van der Waals surface area contributed by atoms with Gasteiger partial charge in [-0.1, -0.05) is 0 Å². The highest BCUT2D eigenvalue weighted by molar-refractivity contribution is 9.10. The fourth-order valence-electron chi connectivity index (χ4n) is 1.41. The third-order valence-corrected chi connectivity index (χ3v) is 2.54. The summed E-state index contributed by atoms with van der Waals surface area (Å²) in [4.78, 5) is 4.09. The van der Waals surface area contributed by atoms with Crippen LogP contribution in [0.25, 0.3) is 0 Å². The quantitative estimate of drug-likeness (QED) is 0.660. The van der Waals surface area contributed by atoms with Gasteiger partial charge in [-0.25, -0.2) is 5.43 Å². The van der Waals surface area contributed by atoms with Gasteiger partial charge in [0.1, 0.15) is 0 Å². The number of nitrogens with one attached hydrogen (secondary N) is 1. The minimum atomic E-state index is -0.103. The number of halogens is 1. The van der Waals surface area contributed by atoms with E-state index in [9.17, 15) is 0 Å². The molecule has 2 aromatic heterocycles. The molecule has 0 fully saturated rings. The maximum absolute atomic E-state index is 5.51. The Labute approximate surface area is 95.6 Å². The van der Waals surface area contributed by atoms with E-state index in [1.54, 1.807) is 24.9 Å². The number of nitrogens with zero attached hydrogens (tertiary/aromatic N) is 1. The van der Waals surface area contributed by atoms with Gasteiger partial charge < -0.3 is 4.42 Å². The Morgan fingerprint density at radius 3 is 2.87 bits per heavy atom. The minimum Gasteiger partial charge on any atom is -0.472 e. The average Bonchev–Trinajstić information content (AvgIpc) is 2.72. The van der Waals surface area contributed by atoms with Gasteiger partial charge in [0.15, 0.2) is 0 Å². The lowest BCUT2D eigenvalue weighted by Crippen LogP contribution is -2.28. The fraction of sp³-hybridized carbons (Fsp3) is 0.100. The highest BCUT2D eigenvalue weighted by Gasteiger charge is 2.13. The van der Waals surface area contributed by atoms with Gasteiger partial charge in [-0.2, -0.15) is 0 Å². The van der Waals surface area contributed by atoms with Gasteiger partial charge in [-0.15, -0.1) is 0 Å². The molecule has 0 aliphatic rings. The summed E-state index contributed by atoms with van der Waals surface area (Å²) in [6.07, 6.45) is 6.77. The van der Waals surface area contributed by atoms with Crippen LogP contribution in [-0.2, 0) is 0 Å². The summed E-state index contributed by atoms with van der Waals surface area (Å²) >= 11 is 3.37. The minimum absolute atomic E-state index is 0.103. The lowest BCUT2D eigenvalue weighted by atomic mass is 10.0. The predicted molar refractivity (Wildman–Crippen MR) is 59.8 cm³/mol. The van der Waals surface area contributed by atoms with Crippen molar-refractivity contribution in [3.05, 3.63) is 52.7 Å². The monoisotopic (exact) mass is 267 g/mol. The van der Waals surface area contributed by atoms with Crippen molar-refractivity contribution >= 4 is 15.9 Å². The number of hydrogen-bond donors (Lipinski definition) is 2. The van der Waals surface area contributed by atoms with E-state index < -0.39 is 0 Å². The third kappa shape index (κ3) is 2.26. The molecule has 2 rings (SSSR count). The van der Waals surface area contributed by atoms with Crippen LogP contribution in [0, 0.1) is 0 Å². The van der Waals surface area contributed by atoms with Gasteiger partial charge in [0.05, 0.1) is 18.6 Å². The third-order valence-electron chi connectivity index (χ3n) is 2.10. The van der Waals surface area contributed by atoms with Crippen molar-refractivity contribution in [3.63, 3.8) is 0 Å². The van der Waals surface area contributed by atoms with Gasteiger partial charge in [0.2, 0.25) is 0 Å². The molecule has 0 radical (unpaired) electrons. The van der Waals surface area contributed by atoms with E-state index in [1.807, 2.05) is 12.1 Å². The van der Waals surface area contributed by atoms with Gasteiger partial charge in [0.25, 0.3) is 0 Å². The summed E-state index contributed by atoms with van der Waals surface area (Å²) in [6.45, 7) is 0. The van der Waals surface area contributed by atoms with Crippen molar-refractivity contribution in [3.8, 4) is 0 Å². The first-order chi connectivity index (χ1) is 7.31. The van der Waals surface area contributed by atoms with Crippen LogP contribution < -0.4 is 11.3 Å². The predicted octanol–water partition coefficient (Wildman–Crippen LogP) is 1.99. The van der Waals surface area contributed by atoms with Crippen molar-refractivity contribution < 1.29 is 4.42 Å². The van der Waals surface area contributed by atoms with Crippen LogP contribution in [0.15, 0.2) is 45.9 Å². The Kier molecular flexibility index (Phi) is 3.15. The van der Waals surface area contributed by atoms with Crippen molar-refractivity contribution in [2.75, 3.05) is 0 Å². The molecule has 0 saturated carbocycles. The van der Waals surface area contributed by atoms with Crippen LogP contribution in [-0.4, -0.2) is 4.98 Å². The topological polar surface area (TPSA) is 64.1 Å². The molecule has 2 heterocycles. The summed E-state index contributed by atoms with van der Waals surface area (Å²) in [5.41, 5.74) is 4.68. The Balaban J connectivity index is 2.35. The zero-order valence-electron chi connectivity index (χ0n) is 7.85. The lowest BCUT2D eigenvalue weighted by Gasteiger charge is -2.13. The summed E-state index contributed by atoms with van der Waals surface area (Å²) in [5, 5.41) is 0. The Morgan fingerprint density at radius 1 is 1.40 bits per heavy atom. The first-order valence-electron chi connectivity index (χ1n) is 4.40. The van der Waals surface area contributed by atoms with Crippen molar-refractivity contribution in [1.82, 2.24) is 10.4 Å². The standard InChI is InChI=1S/C10H10BrN3O/c11-9-3-8(4-13-5-9)10(14-12)7-1-2-15-6-7/h1-6,10,14H,12H2. The molecule has 1 atom stereocenters. The van der Waals surface area contributed by atoms with Crippen LogP contribution in [0.5, 0.6) is 0 Å². The van der Waals surface area contributed by atoms with E-state index >= 15 is 0 Å². The first kappa shape index (κ1) is 10.4. The number of aromatic nitrogens is 1. The summed E-state index contributed by atoms with van der Waals surface area (Å²) in [7, 11) is 0. The molecule has 0 bridgehead atoms. The van der Waals surface area contributed by atoms with E-state index in [2.05, 4.69) is 26.3 Å². The van der Waals surface area contributed by atoms with E-state index in [-0.39, 0.29) is 6.04 Å². The van der Waals surface area contributed by atoms with Crippen LogP contribution in [0.4, 0.5) is 0 Å². The van der Waals surface area contributed by atoms with E-state index in [0.717, 1.165) is 15.6 Å². The second-order valence-electron chi connectivity index (χ2n) is 3.09. The number of furan rings is 1. The van der Waals surface area contributed by atoms with Crippen LogP contribution >= 0.6 is 15.9 Å². The number of rotatable bonds is 3. The second-order valence-corrected chi connectivity index (χ2v) is 4.01. The van der Waals surface area contributed by atoms with Crippen LogP contribution in [0.2, 0.25) is 0 Å². The molecule has 0 aromatic carbocycles. The molecule has 1 unspecified atom stereocenters. The molecule has 0 aliphatic carbocycles. The zero-order chi connectivity index (χ0) is 10.7. The Hall–Kier alpha value is -1.17. The molecule has 0 saturated heterocycles. The number of nitrogens with two attached hydrogens (primary N) is 1. The highest BCUT2D eigenvalue weighted by Crippen LogP contribution is 2.22. The lowest BCUT2D eigenvalue weighted by molar-refractivity contribution is 0.553. The van der Waals surface area contributed by atoms with E-state index in [4.69, 9.17) is 10.3 Å². The highest BCUT2D eigenvalue weighted by atomic mass is 79.9. The van der Waals surface area contributed by atoms with Gasteiger partial charge >= 0.3 is 0 Å². The van der Waals surface area contributed by atoms with E-state index in [0.29, 0.717) is 0 Å². The van der Waals surface area contributed by atoms with Gasteiger partial charge in [-0.3, -0.25) is 10.8 Å². The Bertz CT molecular complexity index is 430. The molecule has 0 aliphatic heterocycles. The molecule has 15 heavy (non-hydrogen) atoms. The molecular weight excluding hydrogens is 258 g/mol. The summed E-state index contributed by atoms with van der Waals surface area (Å²) < 4.78 is 5.94. The number of hydrazine groups is 1. The summed E-state index contributed by atoms with van der Waals surface area (Å²) in [5.74, 6) is 5.51. The molecule has 0 amide bonds. The van der Waals surface area contributed by atoms with Crippen LogP contribution in [0.3, 0.4) is 0 Å². The fourth-order valence-corrected chi connectivity index (χ4v) is 1.79. The van der Waals surface area contributed by atoms with E-state index in [1.165, 1.54) is 0 Å². The van der Waals surface area contributed by atoms with Crippen molar-refractivity contribution in [1.29, 1.82) is 0 Å². The Morgan fingerprint density at radius 2 is 2.27 bits per heavy atom. The van der Waals surface area contributed by atoms with Gasteiger partial charge in [0, 0.05) is 22.4 Å². The smallest absolute Gasteiger partial charge is 0.0954 e. The van der Waals surface area contributed by atoms with Gasteiger partial charge in [-0.05, 0) is 33.6 Å². The first-order valence-corrected chi connectivity index (χ1v) is 5.19. The van der Waals surface area contributed by atoms with Crippen molar-refractivity contribution in [2.45, 2.75) is 6.04 Å². The summed E-state index contributed by atoms with van der Waals surface area (Å²) in [6, 6.07) is 3.73. The molecule has 2 aromatic rings. The molecule has 5 heteroatoms. The molecule has 0 spiro atoms. The second kappa shape index (κ2) is 4.57. The maximum atomic E-state index is 5.51. The molecule has 4 nitrogen and oxygen atoms in total. The normalized spacial score (nSPS) is 12.7. The molecular formula is C10H10BrN3O. The average molecular weight is 268 g/mol.